The lowest BCUT2D eigenvalue weighted by Gasteiger charge is -2.27. The molecule has 0 spiro atoms. The molecule has 3 rings (SSSR count). The van der Waals surface area contributed by atoms with Crippen LogP contribution in [0.3, 0.4) is 0 Å². The van der Waals surface area contributed by atoms with Crippen LogP contribution in [0, 0.1) is 6.92 Å². The van der Waals surface area contributed by atoms with Crippen molar-refractivity contribution in [1.29, 1.82) is 0 Å². The number of aryl methyl sites for hydroxylation is 1. The van der Waals surface area contributed by atoms with Gasteiger partial charge in [-0.15, -0.1) is 0 Å². The van der Waals surface area contributed by atoms with Crippen LogP contribution in [0.2, 0.25) is 5.02 Å². The second kappa shape index (κ2) is 9.58. The van der Waals surface area contributed by atoms with E-state index >= 15 is 0 Å². The molecule has 0 saturated carbocycles. The van der Waals surface area contributed by atoms with Gasteiger partial charge in [0.05, 0.1) is 17.0 Å². The number of aromatic nitrogens is 2. The Labute approximate surface area is 174 Å². The van der Waals surface area contributed by atoms with E-state index in [0.717, 1.165) is 49.2 Å². The summed E-state index contributed by atoms with van der Waals surface area (Å²) in [7, 11) is 0. The van der Waals surface area contributed by atoms with Crippen LogP contribution in [0.5, 0.6) is 0 Å². The number of fused-ring (bicyclic) bond motifs is 1. The summed E-state index contributed by atoms with van der Waals surface area (Å²) in [6.07, 6.45) is 3.05. The standard InChI is InChI=1S/C20H25ClN4O2S/c1-3-4-8-25-9-7-17-15(11-25)19(27)24-20(23-17)28-12-18(26)22-14-6-5-13(2)16(21)10-14/h5-6,10H,3-4,7-9,11-12H2,1-2H3,(H,22,26)(H,23,24,27). The lowest BCUT2D eigenvalue weighted by molar-refractivity contribution is -0.113. The molecule has 0 atom stereocenters. The van der Waals surface area contributed by atoms with Gasteiger partial charge in [0.25, 0.3) is 5.56 Å². The number of benzene rings is 1. The number of nitrogens with zero attached hydrogens (tertiary/aromatic N) is 2. The quantitative estimate of drug-likeness (QED) is 0.528. The lowest BCUT2D eigenvalue weighted by Crippen LogP contribution is -2.36. The van der Waals surface area contributed by atoms with Crippen LogP contribution in [0.25, 0.3) is 0 Å². The molecule has 6 nitrogen and oxygen atoms in total. The van der Waals surface area contributed by atoms with Gasteiger partial charge in [0.1, 0.15) is 0 Å². The zero-order valence-corrected chi connectivity index (χ0v) is 17.8. The summed E-state index contributed by atoms with van der Waals surface area (Å²) in [5.41, 5.74) is 3.12. The van der Waals surface area contributed by atoms with E-state index in [2.05, 4.69) is 27.1 Å². The maximum absolute atomic E-state index is 12.5. The van der Waals surface area contributed by atoms with Crippen molar-refractivity contribution in [1.82, 2.24) is 14.9 Å². The first-order valence-electron chi connectivity index (χ1n) is 9.49. The molecular weight excluding hydrogens is 396 g/mol. The van der Waals surface area contributed by atoms with E-state index in [1.54, 1.807) is 6.07 Å². The Hall–Kier alpha value is -1.83. The number of carbonyl (C=O) groups is 1. The summed E-state index contributed by atoms with van der Waals surface area (Å²) in [6.45, 7) is 6.65. The Balaban J connectivity index is 1.59. The number of unbranched alkanes of at least 4 members (excludes halogenated alkanes) is 1. The van der Waals surface area contributed by atoms with E-state index in [4.69, 9.17) is 11.6 Å². The maximum Gasteiger partial charge on any atom is 0.256 e. The number of thioether (sulfide) groups is 1. The van der Waals surface area contributed by atoms with E-state index in [1.807, 2.05) is 19.1 Å². The monoisotopic (exact) mass is 420 g/mol. The van der Waals surface area contributed by atoms with Gasteiger partial charge in [0.2, 0.25) is 5.91 Å². The Morgan fingerprint density at radius 2 is 2.25 bits per heavy atom. The summed E-state index contributed by atoms with van der Waals surface area (Å²) in [5.74, 6) is -0.00780. The number of rotatable bonds is 7. The Morgan fingerprint density at radius 3 is 3.00 bits per heavy atom. The topological polar surface area (TPSA) is 78.1 Å². The minimum atomic E-state index is -0.170. The molecule has 150 valence electrons. The van der Waals surface area contributed by atoms with Gasteiger partial charge < -0.3 is 10.3 Å². The minimum absolute atomic E-state index is 0.0978. The summed E-state index contributed by atoms with van der Waals surface area (Å²) in [4.78, 5) is 34.3. The van der Waals surface area contributed by atoms with Crippen LogP contribution in [-0.2, 0) is 17.8 Å². The molecule has 0 unspecified atom stereocenters. The molecule has 1 aromatic carbocycles. The highest BCUT2D eigenvalue weighted by atomic mass is 35.5. The van der Waals surface area contributed by atoms with Gasteiger partial charge >= 0.3 is 0 Å². The third-order valence-electron chi connectivity index (χ3n) is 4.75. The molecule has 0 bridgehead atoms. The second-order valence-corrected chi connectivity index (χ2v) is 8.35. The van der Waals surface area contributed by atoms with Gasteiger partial charge in [-0.25, -0.2) is 4.98 Å². The van der Waals surface area contributed by atoms with Gasteiger partial charge in [0, 0.05) is 30.2 Å². The van der Waals surface area contributed by atoms with Gasteiger partial charge in [-0.2, -0.15) is 0 Å². The smallest absolute Gasteiger partial charge is 0.256 e. The molecule has 0 fully saturated rings. The van der Waals surface area contributed by atoms with Crippen molar-refractivity contribution >= 4 is 35.0 Å². The zero-order valence-electron chi connectivity index (χ0n) is 16.2. The molecule has 1 aliphatic heterocycles. The van der Waals surface area contributed by atoms with Crippen molar-refractivity contribution in [2.45, 2.75) is 44.8 Å². The van der Waals surface area contributed by atoms with Crippen molar-refractivity contribution in [3.05, 3.63) is 50.4 Å². The van der Waals surface area contributed by atoms with Crippen LogP contribution in [0.4, 0.5) is 5.69 Å². The lowest BCUT2D eigenvalue weighted by atomic mass is 10.1. The van der Waals surface area contributed by atoms with Gasteiger partial charge in [0.15, 0.2) is 5.16 Å². The van der Waals surface area contributed by atoms with E-state index < -0.39 is 0 Å². The molecule has 2 aromatic rings. The number of H-pyrrole nitrogens is 1. The second-order valence-electron chi connectivity index (χ2n) is 6.98. The average molecular weight is 421 g/mol. The molecule has 0 aliphatic carbocycles. The predicted octanol–water partition coefficient (Wildman–Crippen LogP) is 3.62. The highest BCUT2D eigenvalue weighted by Gasteiger charge is 2.21. The highest BCUT2D eigenvalue weighted by Crippen LogP contribution is 2.21. The minimum Gasteiger partial charge on any atom is -0.325 e. The Kier molecular flexibility index (Phi) is 7.15. The van der Waals surface area contributed by atoms with Crippen molar-refractivity contribution < 1.29 is 4.79 Å². The largest absolute Gasteiger partial charge is 0.325 e. The van der Waals surface area contributed by atoms with Crippen molar-refractivity contribution in [2.75, 3.05) is 24.2 Å². The van der Waals surface area contributed by atoms with Gasteiger partial charge in [-0.1, -0.05) is 42.8 Å². The van der Waals surface area contributed by atoms with Crippen molar-refractivity contribution in [2.24, 2.45) is 0 Å². The predicted molar refractivity (Wildman–Crippen MR) is 114 cm³/mol. The number of carbonyl (C=O) groups excluding carboxylic acids is 1. The molecule has 28 heavy (non-hydrogen) atoms. The third kappa shape index (κ3) is 5.37. The number of aromatic amines is 1. The first-order chi connectivity index (χ1) is 13.5. The fraction of sp³-hybridized carbons (Fsp3) is 0.450. The number of hydrogen-bond acceptors (Lipinski definition) is 5. The zero-order chi connectivity index (χ0) is 20.1. The average Bonchev–Trinajstić information content (AvgIpc) is 2.68. The molecular formula is C20H25ClN4O2S. The number of anilines is 1. The molecule has 8 heteroatoms. The normalized spacial score (nSPS) is 14.0. The van der Waals surface area contributed by atoms with Crippen molar-refractivity contribution in [3.63, 3.8) is 0 Å². The van der Waals surface area contributed by atoms with Crippen molar-refractivity contribution in [3.8, 4) is 0 Å². The number of halogens is 1. The van der Waals surface area contributed by atoms with E-state index in [9.17, 15) is 9.59 Å². The molecule has 1 aliphatic rings. The molecule has 1 aromatic heterocycles. The van der Waals surface area contributed by atoms with Crippen LogP contribution in [0.1, 0.15) is 36.6 Å². The summed E-state index contributed by atoms with van der Waals surface area (Å²) >= 11 is 7.32. The van der Waals surface area contributed by atoms with Crippen LogP contribution in [-0.4, -0.2) is 39.6 Å². The summed E-state index contributed by atoms with van der Waals surface area (Å²) < 4.78 is 0. The first-order valence-corrected chi connectivity index (χ1v) is 10.9. The van der Waals surface area contributed by atoms with Crippen LogP contribution >= 0.6 is 23.4 Å². The number of hydrogen-bond donors (Lipinski definition) is 2. The Bertz CT molecular complexity index is 916. The molecule has 2 N–H and O–H groups in total. The van der Waals surface area contributed by atoms with Crippen LogP contribution < -0.4 is 10.9 Å². The summed E-state index contributed by atoms with van der Waals surface area (Å²) in [6, 6.07) is 5.40. The van der Waals surface area contributed by atoms with Gasteiger partial charge in [-0.3, -0.25) is 14.5 Å². The fourth-order valence-electron chi connectivity index (χ4n) is 3.10. The highest BCUT2D eigenvalue weighted by molar-refractivity contribution is 7.99. The first kappa shape index (κ1) is 20.9. The maximum atomic E-state index is 12.5. The summed E-state index contributed by atoms with van der Waals surface area (Å²) in [5, 5.41) is 3.91. The fourth-order valence-corrected chi connectivity index (χ4v) is 3.96. The van der Waals surface area contributed by atoms with E-state index in [0.29, 0.717) is 22.4 Å². The molecule has 0 radical (unpaired) electrons. The SMILES string of the molecule is CCCCN1CCc2nc(SCC(=O)Nc3ccc(C)c(Cl)c3)[nH]c(=O)c2C1. The van der Waals surface area contributed by atoms with E-state index in [-0.39, 0.29) is 17.2 Å². The molecule has 2 heterocycles. The number of nitrogens with one attached hydrogen (secondary N) is 2. The van der Waals surface area contributed by atoms with Gasteiger partial charge in [-0.05, 0) is 37.6 Å². The van der Waals surface area contributed by atoms with E-state index in [1.165, 1.54) is 11.8 Å². The molecule has 0 saturated heterocycles. The Morgan fingerprint density at radius 1 is 1.43 bits per heavy atom. The third-order valence-corrected chi connectivity index (χ3v) is 6.03. The van der Waals surface area contributed by atoms with Crippen LogP contribution in [0.15, 0.2) is 28.2 Å². The molecule has 1 amide bonds. The number of amides is 1.